The Bertz CT molecular complexity index is 1420. The molecule has 5 rings (SSSR count). The molecule has 0 unspecified atom stereocenters. The first-order valence-electron chi connectivity index (χ1n) is 12.2. The molecule has 2 aromatic carbocycles. The SMILES string of the molecule is CCOC(=O)[C@H]1C(=O)C2=C(C[C@@H]1c1cccs1)N(c1ccc(F)cc1F)C(=O)C[C@H]2c1ccc(OC)cc1. The number of hydrogen-bond acceptors (Lipinski definition) is 6. The first-order valence-corrected chi connectivity index (χ1v) is 13.1. The minimum atomic E-state index is -1.11. The second-order valence-corrected chi connectivity index (χ2v) is 10.1. The van der Waals surface area contributed by atoms with Crippen molar-refractivity contribution >= 4 is 34.7 Å². The Hall–Kier alpha value is -3.85. The summed E-state index contributed by atoms with van der Waals surface area (Å²) in [5.74, 6) is -4.97. The maximum atomic E-state index is 15.0. The molecule has 1 amide bonds. The Balaban J connectivity index is 1.72. The standard InChI is InChI=1S/C29H25F2NO5S/c1-3-37-29(35)27-20(24-5-4-12-38-24)14-23-26(28(27)34)19(16-6-9-18(36-2)10-7-16)15-25(33)32(23)22-11-8-17(30)13-21(22)31/h4-13,19-20,27H,3,14-15H2,1-2H3/t19-,20+,27+/m0/s1. The number of hydrogen-bond donors (Lipinski definition) is 0. The number of esters is 1. The van der Waals surface area contributed by atoms with Gasteiger partial charge in [0, 0.05) is 40.5 Å². The molecule has 3 atom stereocenters. The third kappa shape index (κ3) is 4.51. The van der Waals surface area contributed by atoms with E-state index in [1.807, 2.05) is 17.5 Å². The lowest BCUT2D eigenvalue weighted by atomic mass is 9.69. The van der Waals surface area contributed by atoms with Gasteiger partial charge in [0.15, 0.2) is 5.78 Å². The second-order valence-electron chi connectivity index (χ2n) is 9.14. The Morgan fingerprint density at radius 3 is 2.47 bits per heavy atom. The molecule has 1 aromatic heterocycles. The van der Waals surface area contributed by atoms with Crippen molar-refractivity contribution in [3.05, 3.63) is 93.3 Å². The maximum absolute atomic E-state index is 15.0. The molecule has 0 fully saturated rings. The fourth-order valence-electron chi connectivity index (χ4n) is 5.37. The number of carbonyl (C=O) groups excluding carboxylic acids is 3. The van der Waals surface area contributed by atoms with Crippen molar-refractivity contribution in [1.82, 2.24) is 0 Å². The van der Waals surface area contributed by atoms with E-state index >= 15 is 4.39 Å². The lowest BCUT2D eigenvalue weighted by molar-refractivity contribution is -0.152. The van der Waals surface area contributed by atoms with E-state index in [-0.39, 0.29) is 30.7 Å². The first-order chi connectivity index (χ1) is 18.3. The predicted molar refractivity (Wildman–Crippen MR) is 138 cm³/mol. The molecule has 3 aromatic rings. The Labute approximate surface area is 222 Å². The number of ketones is 1. The van der Waals surface area contributed by atoms with Gasteiger partial charge < -0.3 is 9.47 Å². The van der Waals surface area contributed by atoms with E-state index < -0.39 is 47.0 Å². The molecule has 6 nitrogen and oxygen atoms in total. The van der Waals surface area contributed by atoms with Gasteiger partial charge in [0.05, 0.1) is 19.4 Å². The van der Waals surface area contributed by atoms with Crippen molar-refractivity contribution in [3.8, 4) is 5.75 Å². The number of Topliss-reactive ketones (excluding diaryl/α,β-unsaturated/α-hetero) is 1. The van der Waals surface area contributed by atoms with Crippen LogP contribution in [0.1, 0.15) is 42.0 Å². The van der Waals surface area contributed by atoms with Crippen LogP contribution < -0.4 is 9.64 Å². The molecule has 0 saturated heterocycles. The van der Waals surface area contributed by atoms with Crippen LogP contribution in [0.25, 0.3) is 0 Å². The van der Waals surface area contributed by atoms with Crippen LogP contribution in [0.15, 0.2) is 71.2 Å². The molecule has 0 bridgehead atoms. The zero-order valence-corrected chi connectivity index (χ0v) is 21.6. The molecule has 9 heteroatoms. The number of thiophene rings is 1. The molecular weight excluding hydrogens is 512 g/mol. The van der Waals surface area contributed by atoms with Gasteiger partial charge in [0.1, 0.15) is 23.3 Å². The van der Waals surface area contributed by atoms with Gasteiger partial charge in [-0.25, -0.2) is 8.78 Å². The van der Waals surface area contributed by atoms with E-state index in [0.29, 0.717) is 23.1 Å². The number of methoxy groups -OCH3 is 1. The van der Waals surface area contributed by atoms with Crippen molar-refractivity contribution in [2.24, 2.45) is 5.92 Å². The van der Waals surface area contributed by atoms with Gasteiger partial charge in [-0.05, 0) is 54.6 Å². The maximum Gasteiger partial charge on any atom is 0.317 e. The smallest absolute Gasteiger partial charge is 0.317 e. The van der Waals surface area contributed by atoms with E-state index in [2.05, 4.69) is 0 Å². The lowest BCUT2D eigenvalue weighted by Crippen LogP contribution is -2.46. The summed E-state index contributed by atoms with van der Waals surface area (Å²) >= 11 is 1.39. The number of rotatable bonds is 6. The van der Waals surface area contributed by atoms with E-state index in [9.17, 15) is 18.8 Å². The largest absolute Gasteiger partial charge is 0.497 e. The summed E-state index contributed by atoms with van der Waals surface area (Å²) in [7, 11) is 1.54. The summed E-state index contributed by atoms with van der Waals surface area (Å²) in [6.07, 6.45) is -0.00673. The van der Waals surface area contributed by atoms with Crippen LogP contribution in [-0.2, 0) is 19.1 Å². The topological polar surface area (TPSA) is 72.9 Å². The third-order valence-electron chi connectivity index (χ3n) is 7.04. The summed E-state index contributed by atoms with van der Waals surface area (Å²) in [6, 6.07) is 13.6. The number of nitrogens with zero attached hydrogens (tertiary/aromatic N) is 1. The molecular formula is C29H25F2NO5S. The van der Waals surface area contributed by atoms with Crippen LogP contribution >= 0.6 is 11.3 Å². The van der Waals surface area contributed by atoms with Gasteiger partial charge in [-0.15, -0.1) is 11.3 Å². The van der Waals surface area contributed by atoms with Crippen LogP contribution in [0.3, 0.4) is 0 Å². The number of ether oxygens (including phenoxy) is 2. The molecule has 0 N–H and O–H groups in total. The van der Waals surface area contributed by atoms with Crippen molar-refractivity contribution < 1.29 is 32.6 Å². The molecule has 2 aliphatic rings. The van der Waals surface area contributed by atoms with E-state index in [4.69, 9.17) is 9.47 Å². The van der Waals surface area contributed by atoms with Gasteiger partial charge in [0.25, 0.3) is 0 Å². The zero-order chi connectivity index (χ0) is 27.0. The number of halogens is 2. The third-order valence-corrected chi connectivity index (χ3v) is 8.04. The van der Waals surface area contributed by atoms with Crippen LogP contribution in [0.5, 0.6) is 5.75 Å². The molecule has 0 spiro atoms. The average molecular weight is 538 g/mol. The summed E-state index contributed by atoms with van der Waals surface area (Å²) in [6.45, 7) is 1.79. The van der Waals surface area contributed by atoms with Crippen LogP contribution in [0.2, 0.25) is 0 Å². The van der Waals surface area contributed by atoms with E-state index in [1.165, 1.54) is 29.4 Å². The highest BCUT2D eigenvalue weighted by molar-refractivity contribution is 7.10. The number of carbonyl (C=O) groups is 3. The predicted octanol–water partition coefficient (Wildman–Crippen LogP) is 5.75. The molecule has 38 heavy (non-hydrogen) atoms. The summed E-state index contributed by atoms with van der Waals surface area (Å²) < 4.78 is 39.3. The van der Waals surface area contributed by atoms with E-state index in [1.54, 1.807) is 31.2 Å². The summed E-state index contributed by atoms with van der Waals surface area (Å²) in [5, 5.41) is 1.84. The summed E-state index contributed by atoms with van der Waals surface area (Å²) in [5.41, 5.74) is 1.14. The van der Waals surface area contributed by atoms with Crippen molar-refractivity contribution in [2.45, 2.75) is 31.6 Å². The molecule has 1 aliphatic carbocycles. The Kier molecular flexibility index (Phi) is 7.12. The highest BCUT2D eigenvalue weighted by Gasteiger charge is 2.50. The van der Waals surface area contributed by atoms with Gasteiger partial charge in [0.2, 0.25) is 5.91 Å². The molecule has 0 saturated carbocycles. The highest BCUT2D eigenvalue weighted by atomic mass is 32.1. The molecule has 2 heterocycles. The van der Waals surface area contributed by atoms with Gasteiger partial charge >= 0.3 is 5.97 Å². The minimum absolute atomic E-state index is 0.110. The number of anilines is 1. The average Bonchev–Trinajstić information content (AvgIpc) is 3.44. The Morgan fingerprint density at radius 2 is 1.84 bits per heavy atom. The van der Waals surface area contributed by atoms with Gasteiger partial charge in [-0.3, -0.25) is 19.3 Å². The highest BCUT2D eigenvalue weighted by Crippen LogP contribution is 2.50. The lowest BCUT2D eigenvalue weighted by Gasteiger charge is -2.42. The fraction of sp³-hybridized carbons (Fsp3) is 0.276. The van der Waals surface area contributed by atoms with Crippen LogP contribution in [-0.4, -0.2) is 31.4 Å². The van der Waals surface area contributed by atoms with Gasteiger partial charge in [-0.2, -0.15) is 0 Å². The van der Waals surface area contributed by atoms with E-state index in [0.717, 1.165) is 10.9 Å². The zero-order valence-electron chi connectivity index (χ0n) is 20.8. The second kappa shape index (κ2) is 10.5. The quantitative estimate of drug-likeness (QED) is 0.296. The fourth-order valence-corrected chi connectivity index (χ4v) is 6.23. The van der Waals surface area contributed by atoms with Crippen LogP contribution in [0.4, 0.5) is 14.5 Å². The first kappa shape index (κ1) is 25.8. The van der Waals surface area contributed by atoms with Crippen molar-refractivity contribution in [1.29, 1.82) is 0 Å². The van der Waals surface area contributed by atoms with Crippen molar-refractivity contribution in [3.63, 3.8) is 0 Å². The Morgan fingerprint density at radius 1 is 1.08 bits per heavy atom. The van der Waals surface area contributed by atoms with Crippen LogP contribution in [0, 0.1) is 17.6 Å². The van der Waals surface area contributed by atoms with Gasteiger partial charge in [-0.1, -0.05) is 18.2 Å². The summed E-state index contributed by atoms with van der Waals surface area (Å²) in [4.78, 5) is 43.0. The van der Waals surface area contributed by atoms with Crippen molar-refractivity contribution in [2.75, 3.05) is 18.6 Å². The molecule has 0 radical (unpaired) electrons. The normalized spacial score (nSPS) is 21.4. The number of amides is 1. The minimum Gasteiger partial charge on any atom is -0.497 e. The number of allylic oxidation sites excluding steroid dienone is 2. The monoisotopic (exact) mass is 537 g/mol. The number of benzene rings is 2. The molecule has 196 valence electrons. The molecule has 1 aliphatic heterocycles.